The Kier molecular flexibility index (Phi) is 5.96. The average Bonchev–Trinajstić information content (AvgIpc) is 3.25. The van der Waals surface area contributed by atoms with Crippen LogP contribution in [0.15, 0.2) is 40.6 Å². The second-order valence-corrected chi connectivity index (χ2v) is 7.35. The summed E-state index contributed by atoms with van der Waals surface area (Å²) in [5.41, 5.74) is 0. The molecule has 0 bridgehead atoms. The van der Waals surface area contributed by atoms with Crippen LogP contribution in [-0.4, -0.2) is 32.5 Å². The van der Waals surface area contributed by atoms with Gasteiger partial charge in [-0.15, -0.1) is 16.8 Å². The van der Waals surface area contributed by atoms with Gasteiger partial charge in [-0.25, -0.2) is 0 Å². The Hall–Kier alpha value is -2.02. The number of amides is 1. The molecular formula is C18H24N4O2S. The van der Waals surface area contributed by atoms with E-state index in [9.17, 15) is 4.79 Å². The SMILES string of the molecule is C=CCn1c(SCC(=O)NC2CCCCC2C)nnc1-c1ccco1. The number of allylic oxidation sites excluding steroid dienone is 1. The lowest BCUT2D eigenvalue weighted by Crippen LogP contribution is -2.41. The number of nitrogens with one attached hydrogen (secondary N) is 1. The van der Waals surface area contributed by atoms with Crippen LogP contribution in [0, 0.1) is 5.92 Å². The monoisotopic (exact) mass is 360 g/mol. The third kappa shape index (κ3) is 4.34. The standard InChI is InChI=1S/C18H24N4O2S/c1-3-10-22-17(15-9-6-11-24-15)20-21-18(22)25-12-16(23)19-14-8-5-4-7-13(14)2/h3,6,9,11,13-14H,1,4-5,7-8,10,12H2,2H3,(H,19,23). The van der Waals surface area contributed by atoms with E-state index in [1.807, 2.05) is 16.7 Å². The molecule has 25 heavy (non-hydrogen) atoms. The van der Waals surface area contributed by atoms with Crippen LogP contribution in [0.2, 0.25) is 0 Å². The minimum atomic E-state index is 0.0523. The minimum Gasteiger partial charge on any atom is -0.461 e. The van der Waals surface area contributed by atoms with Gasteiger partial charge >= 0.3 is 0 Å². The van der Waals surface area contributed by atoms with Crippen molar-refractivity contribution < 1.29 is 9.21 Å². The first kappa shape index (κ1) is 17.8. The number of furan rings is 1. The highest BCUT2D eigenvalue weighted by molar-refractivity contribution is 7.99. The molecule has 1 aliphatic rings. The molecule has 1 fully saturated rings. The summed E-state index contributed by atoms with van der Waals surface area (Å²) in [5.74, 6) is 2.24. The van der Waals surface area contributed by atoms with Crippen molar-refractivity contribution >= 4 is 17.7 Å². The van der Waals surface area contributed by atoms with Gasteiger partial charge in [-0.1, -0.05) is 37.6 Å². The lowest BCUT2D eigenvalue weighted by atomic mass is 9.86. The van der Waals surface area contributed by atoms with Gasteiger partial charge in [0.25, 0.3) is 0 Å². The fourth-order valence-electron chi connectivity index (χ4n) is 3.19. The summed E-state index contributed by atoms with van der Waals surface area (Å²) in [4.78, 5) is 12.3. The molecule has 0 aliphatic heterocycles. The quantitative estimate of drug-likeness (QED) is 0.604. The van der Waals surface area contributed by atoms with Crippen LogP contribution in [0.3, 0.4) is 0 Å². The van der Waals surface area contributed by atoms with Crippen molar-refractivity contribution in [3.8, 4) is 11.6 Å². The smallest absolute Gasteiger partial charge is 0.230 e. The Morgan fingerprint density at radius 3 is 3.04 bits per heavy atom. The highest BCUT2D eigenvalue weighted by Gasteiger charge is 2.23. The molecule has 3 rings (SSSR count). The number of aromatic nitrogens is 3. The fraction of sp³-hybridized carbons (Fsp3) is 0.500. The average molecular weight is 360 g/mol. The zero-order valence-corrected chi connectivity index (χ0v) is 15.3. The van der Waals surface area contributed by atoms with E-state index in [0.717, 1.165) is 6.42 Å². The van der Waals surface area contributed by atoms with Crippen LogP contribution in [0.5, 0.6) is 0 Å². The molecule has 0 spiro atoms. The molecular weight excluding hydrogens is 336 g/mol. The Morgan fingerprint density at radius 1 is 1.48 bits per heavy atom. The van der Waals surface area contributed by atoms with Crippen LogP contribution in [0.4, 0.5) is 0 Å². The van der Waals surface area contributed by atoms with E-state index >= 15 is 0 Å². The van der Waals surface area contributed by atoms with Crippen molar-refractivity contribution in [3.63, 3.8) is 0 Å². The molecule has 0 aromatic carbocycles. The highest BCUT2D eigenvalue weighted by Crippen LogP contribution is 2.26. The molecule has 6 nitrogen and oxygen atoms in total. The van der Waals surface area contributed by atoms with Crippen LogP contribution in [0.25, 0.3) is 11.6 Å². The first-order valence-corrected chi connectivity index (χ1v) is 9.67. The predicted molar refractivity (Wildman–Crippen MR) is 98.2 cm³/mol. The summed E-state index contributed by atoms with van der Waals surface area (Å²) in [7, 11) is 0. The molecule has 2 atom stereocenters. The predicted octanol–water partition coefficient (Wildman–Crippen LogP) is 3.51. The first-order chi connectivity index (χ1) is 12.2. The van der Waals surface area contributed by atoms with Crippen molar-refractivity contribution in [1.29, 1.82) is 0 Å². The Labute approximate surface area is 152 Å². The van der Waals surface area contributed by atoms with E-state index in [2.05, 4.69) is 29.0 Å². The van der Waals surface area contributed by atoms with Gasteiger partial charge in [0, 0.05) is 12.6 Å². The molecule has 134 valence electrons. The second-order valence-electron chi connectivity index (χ2n) is 6.41. The zero-order valence-electron chi connectivity index (χ0n) is 14.5. The Bertz CT molecular complexity index is 711. The maximum absolute atomic E-state index is 12.3. The van der Waals surface area contributed by atoms with Gasteiger partial charge < -0.3 is 9.73 Å². The number of hydrogen-bond acceptors (Lipinski definition) is 5. The first-order valence-electron chi connectivity index (χ1n) is 8.69. The van der Waals surface area contributed by atoms with Crippen molar-refractivity contribution in [2.45, 2.75) is 50.4 Å². The zero-order chi connectivity index (χ0) is 17.6. The normalized spacial score (nSPS) is 20.4. The van der Waals surface area contributed by atoms with Crippen LogP contribution in [-0.2, 0) is 11.3 Å². The maximum Gasteiger partial charge on any atom is 0.230 e. The van der Waals surface area contributed by atoms with Gasteiger partial charge in [0.1, 0.15) is 0 Å². The minimum absolute atomic E-state index is 0.0523. The van der Waals surface area contributed by atoms with Gasteiger partial charge in [0.05, 0.1) is 12.0 Å². The molecule has 2 heterocycles. The Balaban J connectivity index is 1.62. The number of carbonyl (C=O) groups is 1. The summed E-state index contributed by atoms with van der Waals surface area (Å²) in [6, 6.07) is 3.95. The second kappa shape index (κ2) is 8.38. The topological polar surface area (TPSA) is 73.0 Å². The number of carbonyl (C=O) groups excluding carboxylic acids is 1. The van der Waals surface area contributed by atoms with Crippen molar-refractivity contribution in [2.24, 2.45) is 5.92 Å². The molecule has 1 amide bonds. The highest BCUT2D eigenvalue weighted by atomic mass is 32.2. The third-order valence-corrected chi connectivity index (χ3v) is 5.53. The van der Waals surface area contributed by atoms with Gasteiger partial charge in [-0.2, -0.15) is 0 Å². The van der Waals surface area contributed by atoms with Crippen molar-refractivity contribution in [3.05, 3.63) is 31.1 Å². The molecule has 0 radical (unpaired) electrons. The van der Waals surface area contributed by atoms with E-state index in [-0.39, 0.29) is 5.91 Å². The van der Waals surface area contributed by atoms with Gasteiger partial charge in [-0.3, -0.25) is 9.36 Å². The lowest BCUT2D eigenvalue weighted by molar-refractivity contribution is -0.119. The van der Waals surface area contributed by atoms with Crippen molar-refractivity contribution in [1.82, 2.24) is 20.1 Å². The van der Waals surface area contributed by atoms with Gasteiger partial charge in [-0.05, 0) is 30.9 Å². The summed E-state index contributed by atoms with van der Waals surface area (Å²) < 4.78 is 7.32. The number of hydrogen-bond donors (Lipinski definition) is 1. The molecule has 1 saturated carbocycles. The summed E-state index contributed by atoms with van der Waals surface area (Å²) in [6.07, 6.45) is 8.12. The molecule has 2 unspecified atom stereocenters. The molecule has 0 saturated heterocycles. The number of nitrogens with zero attached hydrogens (tertiary/aromatic N) is 3. The van der Waals surface area contributed by atoms with E-state index < -0.39 is 0 Å². The van der Waals surface area contributed by atoms with E-state index in [0.29, 0.717) is 41.0 Å². The largest absolute Gasteiger partial charge is 0.461 e. The third-order valence-electron chi connectivity index (χ3n) is 4.56. The summed E-state index contributed by atoms with van der Waals surface area (Å²) >= 11 is 1.39. The van der Waals surface area contributed by atoms with E-state index in [1.165, 1.54) is 31.0 Å². The van der Waals surface area contributed by atoms with E-state index in [4.69, 9.17) is 4.42 Å². The van der Waals surface area contributed by atoms with Crippen molar-refractivity contribution in [2.75, 3.05) is 5.75 Å². The molecule has 7 heteroatoms. The number of thioether (sulfide) groups is 1. The van der Waals surface area contributed by atoms with E-state index in [1.54, 1.807) is 12.3 Å². The molecule has 1 aliphatic carbocycles. The summed E-state index contributed by atoms with van der Waals surface area (Å²) in [6.45, 7) is 6.56. The van der Waals surface area contributed by atoms with Crippen LogP contribution < -0.4 is 5.32 Å². The number of rotatable bonds is 7. The lowest BCUT2D eigenvalue weighted by Gasteiger charge is -2.29. The van der Waals surface area contributed by atoms with Crippen LogP contribution in [0.1, 0.15) is 32.6 Å². The van der Waals surface area contributed by atoms with Crippen LogP contribution >= 0.6 is 11.8 Å². The molecule has 2 aromatic rings. The van der Waals surface area contributed by atoms with Gasteiger partial charge in [0.2, 0.25) is 11.7 Å². The molecule has 1 N–H and O–H groups in total. The van der Waals surface area contributed by atoms with Gasteiger partial charge in [0.15, 0.2) is 10.9 Å². The molecule has 2 aromatic heterocycles. The summed E-state index contributed by atoms with van der Waals surface area (Å²) in [5, 5.41) is 12.3. The fourth-order valence-corrected chi connectivity index (χ4v) is 3.95. The Morgan fingerprint density at radius 2 is 2.32 bits per heavy atom. The maximum atomic E-state index is 12.3.